The molecule has 19 heavy (non-hydrogen) atoms. The van der Waals surface area contributed by atoms with Crippen molar-refractivity contribution in [1.29, 1.82) is 0 Å². The van der Waals surface area contributed by atoms with Crippen molar-refractivity contribution in [2.24, 2.45) is 5.73 Å². The monoisotopic (exact) mass is 289 g/mol. The van der Waals surface area contributed by atoms with E-state index in [9.17, 15) is 4.79 Å². The van der Waals surface area contributed by atoms with Crippen LogP contribution in [0, 0.1) is 0 Å². The number of hydrogen-bond acceptors (Lipinski definition) is 4. The first kappa shape index (κ1) is 18.3. The van der Waals surface area contributed by atoms with Crippen LogP contribution >= 0.6 is 12.2 Å². The normalized spacial score (nSPS) is 12.4. The van der Waals surface area contributed by atoms with E-state index in [0.29, 0.717) is 31.1 Å². The minimum atomic E-state index is -0.193. The van der Waals surface area contributed by atoms with Gasteiger partial charge in [-0.05, 0) is 13.3 Å². The molecule has 3 N–H and O–H groups in total. The highest BCUT2D eigenvalue weighted by atomic mass is 32.1. The third kappa shape index (κ3) is 8.91. The fraction of sp³-hybridized carbons (Fsp3) is 0.846. The third-order valence-electron chi connectivity index (χ3n) is 2.98. The van der Waals surface area contributed by atoms with Gasteiger partial charge in [0.1, 0.15) is 0 Å². The highest BCUT2D eigenvalue weighted by Crippen LogP contribution is 2.02. The zero-order valence-corrected chi connectivity index (χ0v) is 13.1. The Hall–Kier alpha value is -0.720. The Morgan fingerprint density at radius 3 is 2.68 bits per heavy atom. The highest BCUT2D eigenvalue weighted by Gasteiger charge is 2.20. The van der Waals surface area contributed by atoms with Crippen molar-refractivity contribution in [2.75, 3.05) is 33.4 Å². The Morgan fingerprint density at radius 2 is 2.16 bits per heavy atom. The maximum atomic E-state index is 12.0. The van der Waals surface area contributed by atoms with Crippen LogP contribution < -0.4 is 11.1 Å². The van der Waals surface area contributed by atoms with Gasteiger partial charge < -0.3 is 15.8 Å². The van der Waals surface area contributed by atoms with E-state index in [1.807, 2.05) is 11.8 Å². The summed E-state index contributed by atoms with van der Waals surface area (Å²) in [6.45, 7) is 6.69. The summed E-state index contributed by atoms with van der Waals surface area (Å²) in [5.74, 6) is 0.0486. The van der Waals surface area contributed by atoms with Gasteiger partial charge in [0.15, 0.2) is 0 Å². The molecule has 0 aliphatic heterocycles. The van der Waals surface area contributed by atoms with E-state index in [1.54, 1.807) is 7.11 Å². The molecular formula is C13H27N3O2S. The molecule has 0 aliphatic rings. The maximum Gasteiger partial charge on any atom is 0.237 e. The molecule has 0 heterocycles. The number of methoxy groups -OCH3 is 1. The summed E-state index contributed by atoms with van der Waals surface area (Å²) >= 11 is 4.88. The highest BCUT2D eigenvalue weighted by molar-refractivity contribution is 7.80. The average Bonchev–Trinajstić information content (AvgIpc) is 2.38. The first-order chi connectivity index (χ1) is 9.02. The van der Waals surface area contributed by atoms with E-state index < -0.39 is 0 Å². The molecule has 5 nitrogen and oxygen atoms in total. The molecule has 1 amide bonds. The summed E-state index contributed by atoms with van der Waals surface area (Å²) in [6, 6.07) is -0.193. The average molecular weight is 289 g/mol. The second kappa shape index (κ2) is 11.1. The smallest absolute Gasteiger partial charge is 0.237 e. The number of nitrogens with two attached hydrogens (primary N) is 1. The van der Waals surface area contributed by atoms with Crippen molar-refractivity contribution in [3.05, 3.63) is 0 Å². The van der Waals surface area contributed by atoms with Crippen LogP contribution in [0.3, 0.4) is 0 Å². The second-order valence-corrected chi connectivity index (χ2v) is 5.09. The number of ether oxygens (including phenoxy) is 1. The molecule has 1 atom stereocenters. The van der Waals surface area contributed by atoms with Crippen LogP contribution in [0.2, 0.25) is 0 Å². The van der Waals surface area contributed by atoms with Crippen molar-refractivity contribution >= 4 is 23.1 Å². The van der Waals surface area contributed by atoms with E-state index in [4.69, 9.17) is 22.7 Å². The number of amides is 1. The standard InChI is InChI=1S/C13H27N3O2S/c1-4-5-7-15-13(17)11(2)16(9-10-18-3)8-6-12(14)19/h11H,4-10H2,1-3H3,(H2,14,19)(H,15,17). The molecule has 0 spiro atoms. The number of carbonyl (C=O) groups is 1. The zero-order chi connectivity index (χ0) is 14.7. The predicted octanol–water partition coefficient (Wildman–Crippen LogP) is 0.916. The largest absolute Gasteiger partial charge is 0.393 e. The Kier molecular flexibility index (Phi) is 10.7. The summed E-state index contributed by atoms with van der Waals surface area (Å²) in [5, 5.41) is 2.94. The molecular weight excluding hydrogens is 262 g/mol. The first-order valence-electron chi connectivity index (χ1n) is 6.81. The lowest BCUT2D eigenvalue weighted by Crippen LogP contribution is -2.47. The van der Waals surface area contributed by atoms with Gasteiger partial charge in [0.2, 0.25) is 5.91 Å². The topological polar surface area (TPSA) is 67.6 Å². The van der Waals surface area contributed by atoms with Gasteiger partial charge in [0.25, 0.3) is 0 Å². The van der Waals surface area contributed by atoms with E-state index >= 15 is 0 Å². The van der Waals surface area contributed by atoms with Crippen LogP contribution in [0.15, 0.2) is 0 Å². The van der Waals surface area contributed by atoms with Gasteiger partial charge in [-0.1, -0.05) is 25.6 Å². The minimum Gasteiger partial charge on any atom is -0.393 e. The van der Waals surface area contributed by atoms with Crippen LogP contribution in [-0.4, -0.2) is 55.2 Å². The SMILES string of the molecule is CCCCNC(=O)C(C)N(CCOC)CCC(N)=S. The zero-order valence-electron chi connectivity index (χ0n) is 12.3. The van der Waals surface area contributed by atoms with Crippen LogP contribution in [-0.2, 0) is 9.53 Å². The minimum absolute atomic E-state index is 0.0486. The van der Waals surface area contributed by atoms with E-state index in [2.05, 4.69) is 12.2 Å². The van der Waals surface area contributed by atoms with Gasteiger partial charge in [0.05, 0.1) is 17.6 Å². The summed E-state index contributed by atoms with van der Waals surface area (Å²) in [6.07, 6.45) is 2.69. The van der Waals surface area contributed by atoms with Gasteiger partial charge in [-0.2, -0.15) is 0 Å². The molecule has 0 aliphatic carbocycles. The number of hydrogen-bond donors (Lipinski definition) is 2. The Labute approximate surface area is 121 Å². The van der Waals surface area contributed by atoms with Gasteiger partial charge in [-0.25, -0.2) is 0 Å². The van der Waals surface area contributed by atoms with Crippen molar-refractivity contribution in [3.8, 4) is 0 Å². The Bertz CT molecular complexity index is 275. The predicted molar refractivity (Wildman–Crippen MR) is 82.2 cm³/mol. The van der Waals surface area contributed by atoms with Crippen LogP contribution in [0.25, 0.3) is 0 Å². The summed E-state index contributed by atoms with van der Waals surface area (Å²) in [7, 11) is 1.65. The molecule has 0 aromatic carbocycles. The first-order valence-corrected chi connectivity index (χ1v) is 7.22. The van der Waals surface area contributed by atoms with Gasteiger partial charge in [0, 0.05) is 33.2 Å². The molecule has 6 heteroatoms. The summed E-state index contributed by atoms with van der Waals surface area (Å²) in [5.41, 5.74) is 5.52. The lowest BCUT2D eigenvalue weighted by atomic mass is 10.2. The van der Waals surface area contributed by atoms with E-state index in [0.717, 1.165) is 19.4 Å². The van der Waals surface area contributed by atoms with Crippen molar-refractivity contribution in [2.45, 2.75) is 39.2 Å². The number of nitrogens with zero attached hydrogens (tertiary/aromatic N) is 1. The molecule has 1 unspecified atom stereocenters. The third-order valence-corrected chi connectivity index (χ3v) is 3.19. The molecule has 0 saturated heterocycles. The Balaban J connectivity index is 4.28. The molecule has 0 aromatic heterocycles. The second-order valence-electron chi connectivity index (χ2n) is 4.57. The Morgan fingerprint density at radius 1 is 1.47 bits per heavy atom. The van der Waals surface area contributed by atoms with Gasteiger partial charge in [-0.15, -0.1) is 0 Å². The van der Waals surface area contributed by atoms with Gasteiger partial charge >= 0.3 is 0 Å². The summed E-state index contributed by atoms with van der Waals surface area (Å²) in [4.78, 5) is 14.5. The van der Waals surface area contributed by atoms with E-state index in [1.165, 1.54) is 0 Å². The fourth-order valence-electron chi connectivity index (χ4n) is 1.66. The number of unbranched alkanes of at least 4 members (excludes halogenated alkanes) is 1. The molecule has 0 radical (unpaired) electrons. The lowest BCUT2D eigenvalue weighted by Gasteiger charge is -2.27. The number of thiocarbonyl (C=S) groups is 1. The quantitative estimate of drug-likeness (QED) is 0.437. The molecule has 0 fully saturated rings. The van der Waals surface area contributed by atoms with Crippen LogP contribution in [0.5, 0.6) is 0 Å². The number of carbonyl (C=O) groups excluding carboxylic acids is 1. The van der Waals surface area contributed by atoms with Crippen LogP contribution in [0.4, 0.5) is 0 Å². The van der Waals surface area contributed by atoms with Crippen LogP contribution in [0.1, 0.15) is 33.1 Å². The number of rotatable bonds is 11. The molecule has 112 valence electrons. The number of nitrogens with one attached hydrogen (secondary N) is 1. The van der Waals surface area contributed by atoms with Gasteiger partial charge in [-0.3, -0.25) is 9.69 Å². The summed E-state index contributed by atoms with van der Waals surface area (Å²) < 4.78 is 5.07. The molecule has 0 bridgehead atoms. The molecule has 0 saturated carbocycles. The molecule has 0 aromatic rings. The molecule has 0 rings (SSSR count). The van der Waals surface area contributed by atoms with Crippen molar-refractivity contribution in [1.82, 2.24) is 10.2 Å². The van der Waals surface area contributed by atoms with E-state index in [-0.39, 0.29) is 11.9 Å². The lowest BCUT2D eigenvalue weighted by molar-refractivity contribution is -0.126. The maximum absolute atomic E-state index is 12.0. The van der Waals surface area contributed by atoms with Crippen molar-refractivity contribution in [3.63, 3.8) is 0 Å². The van der Waals surface area contributed by atoms with Crippen molar-refractivity contribution < 1.29 is 9.53 Å². The fourth-order valence-corrected chi connectivity index (χ4v) is 1.75.